The molecule has 0 radical (unpaired) electrons. The van der Waals surface area contributed by atoms with Gasteiger partial charge in [-0.25, -0.2) is 4.79 Å². The molecule has 0 saturated heterocycles. The topological polar surface area (TPSA) is 85.2 Å². The molecule has 31 heavy (non-hydrogen) atoms. The highest BCUT2D eigenvalue weighted by Gasteiger charge is 2.44. The molecule has 2 atom stereocenters. The van der Waals surface area contributed by atoms with E-state index in [0.717, 1.165) is 49.8 Å². The first-order chi connectivity index (χ1) is 15.0. The van der Waals surface area contributed by atoms with Crippen LogP contribution in [-0.4, -0.2) is 35.3 Å². The van der Waals surface area contributed by atoms with Gasteiger partial charge in [0.1, 0.15) is 11.9 Å². The minimum absolute atomic E-state index is 0.0392. The summed E-state index contributed by atoms with van der Waals surface area (Å²) in [6.07, 6.45) is 7.03. The number of aliphatic imine (C=N–C) groups is 1. The maximum Gasteiger partial charge on any atom is 0.336 e. The molecule has 1 aromatic carbocycles. The average Bonchev–Trinajstić information content (AvgIpc) is 2.75. The molecule has 2 aliphatic carbocycles. The van der Waals surface area contributed by atoms with E-state index in [2.05, 4.69) is 0 Å². The molecule has 1 N–H and O–H groups in total. The Morgan fingerprint density at radius 3 is 2.65 bits per heavy atom. The molecule has 2 fully saturated rings. The van der Waals surface area contributed by atoms with Crippen LogP contribution < -0.4 is 4.74 Å². The predicted octanol–water partition coefficient (Wildman–Crippen LogP) is 4.85. The molecule has 4 rings (SSSR count). The highest BCUT2D eigenvalue weighted by Crippen LogP contribution is 2.45. The minimum atomic E-state index is -0.476. The van der Waals surface area contributed by atoms with Crippen LogP contribution in [0.15, 0.2) is 34.5 Å². The van der Waals surface area contributed by atoms with E-state index in [0.29, 0.717) is 30.0 Å². The third-order valence-corrected chi connectivity index (χ3v) is 6.60. The van der Waals surface area contributed by atoms with Gasteiger partial charge in [-0.15, -0.1) is 0 Å². The Morgan fingerprint density at radius 1 is 1.13 bits per heavy atom. The van der Waals surface area contributed by atoms with Crippen molar-refractivity contribution in [2.75, 3.05) is 6.61 Å². The van der Waals surface area contributed by atoms with Crippen LogP contribution in [0.5, 0.6) is 11.5 Å². The fraction of sp³-hybridized carbons (Fsp3) is 0.560. The predicted molar refractivity (Wildman–Crippen MR) is 117 cm³/mol. The quantitative estimate of drug-likeness (QED) is 0.682. The van der Waals surface area contributed by atoms with E-state index < -0.39 is 11.8 Å². The summed E-state index contributed by atoms with van der Waals surface area (Å²) < 4.78 is 11.5. The summed E-state index contributed by atoms with van der Waals surface area (Å²) in [5.41, 5.74) is 2.70. The number of nitrogens with zero attached hydrogens (tertiary/aromatic N) is 1. The smallest absolute Gasteiger partial charge is 0.336 e. The van der Waals surface area contributed by atoms with E-state index in [1.54, 1.807) is 18.2 Å². The highest BCUT2D eigenvalue weighted by molar-refractivity contribution is 6.11. The third-order valence-electron chi connectivity index (χ3n) is 6.60. The fourth-order valence-corrected chi connectivity index (χ4v) is 5.14. The molecule has 1 unspecified atom stereocenters. The maximum absolute atomic E-state index is 13.4. The SMILES string of the molecule is CCOc1cc([C@H]2C(C(=O)OC3CCCCC3)=C(C)N=C3CCCC(=O)C32)ccc1O. The number of rotatable bonds is 5. The molecule has 1 aliphatic heterocycles. The van der Waals surface area contributed by atoms with Gasteiger partial charge in [0, 0.05) is 23.7 Å². The third kappa shape index (κ3) is 4.39. The number of ether oxygens (including phenoxy) is 2. The van der Waals surface area contributed by atoms with Crippen molar-refractivity contribution >= 4 is 17.5 Å². The second-order valence-corrected chi connectivity index (χ2v) is 8.70. The Morgan fingerprint density at radius 2 is 1.90 bits per heavy atom. The molecular weight excluding hydrogens is 394 g/mol. The van der Waals surface area contributed by atoms with Crippen LogP contribution in [0, 0.1) is 5.92 Å². The van der Waals surface area contributed by atoms with Crippen LogP contribution in [0.4, 0.5) is 0 Å². The Labute approximate surface area is 183 Å². The monoisotopic (exact) mass is 425 g/mol. The van der Waals surface area contributed by atoms with Crippen molar-refractivity contribution < 1.29 is 24.2 Å². The number of benzene rings is 1. The van der Waals surface area contributed by atoms with Gasteiger partial charge < -0.3 is 14.6 Å². The molecule has 166 valence electrons. The summed E-state index contributed by atoms with van der Waals surface area (Å²) in [4.78, 5) is 31.1. The first kappa shape index (κ1) is 21.6. The fourth-order valence-electron chi connectivity index (χ4n) is 5.14. The molecule has 1 aromatic rings. The largest absolute Gasteiger partial charge is 0.504 e. The summed E-state index contributed by atoms with van der Waals surface area (Å²) >= 11 is 0. The summed E-state index contributed by atoms with van der Waals surface area (Å²) in [5, 5.41) is 10.2. The second-order valence-electron chi connectivity index (χ2n) is 8.70. The maximum atomic E-state index is 13.4. The minimum Gasteiger partial charge on any atom is -0.504 e. The number of hydrogen-bond acceptors (Lipinski definition) is 6. The van der Waals surface area contributed by atoms with Crippen LogP contribution in [0.3, 0.4) is 0 Å². The van der Waals surface area contributed by atoms with Crippen LogP contribution in [0.1, 0.15) is 76.7 Å². The zero-order valence-corrected chi connectivity index (χ0v) is 18.4. The molecule has 6 heteroatoms. The molecule has 0 aromatic heterocycles. The lowest BCUT2D eigenvalue weighted by atomic mass is 9.69. The van der Waals surface area contributed by atoms with Crippen LogP contribution >= 0.6 is 0 Å². The van der Waals surface area contributed by atoms with E-state index in [-0.39, 0.29) is 23.6 Å². The molecule has 0 amide bonds. The molecular formula is C25H31NO5. The standard InChI is InChI=1S/C25H31NO5/c1-3-30-21-14-16(12-13-19(21)27)23-22(25(29)31-17-8-5-4-6-9-17)15(2)26-18-10-7-11-20(28)24(18)23/h12-14,17,23-24,27H,3-11H2,1-2H3/t23-,24?/m0/s1. The van der Waals surface area contributed by atoms with Gasteiger partial charge in [0.15, 0.2) is 11.5 Å². The van der Waals surface area contributed by atoms with Gasteiger partial charge in [-0.2, -0.15) is 0 Å². The van der Waals surface area contributed by atoms with Gasteiger partial charge in [0.05, 0.1) is 18.1 Å². The molecule has 0 spiro atoms. The summed E-state index contributed by atoms with van der Waals surface area (Å²) in [7, 11) is 0. The van der Waals surface area contributed by atoms with Crippen molar-refractivity contribution in [2.45, 2.75) is 77.2 Å². The molecule has 1 heterocycles. The highest BCUT2D eigenvalue weighted by atomic mass is 16.5. The van der Waals surface area contributed by atoms with Crippen molar-refractivity contribution in [1.29, 1.82) is 0 Å². The lowest BCUT2D eigenvalue weighted by molar-refractivity contribution is -0.146. The number of phenols is 1. The van der Waals surface area contributed by atoms with Crippen molar-refractivity contribution in [3.63, 3.8) is 0 Å². The van der Waals surface area contributed by atoms with E-state index in [1.165, 1.54) is 6.42 Å². The van der Waals surface area contributed by atoms with Gasteiger partial charge in [0.2, 0.25) is 0 Å². The van der Waals surface area contributed by atoms with Crippen molar-refractivity contribution in [3.05, 3.63) is 35.0 Å². The van der Waals surface area contributed by atoms with Crippen LogP contribution in [0.25, 0.3) is 0 Å². The molecule has 3 aliphatic rings. The van der Waals surface area contributed by atoms with Gasteiger partial charge in [-0.3, -0.25) is 9.79 Å². The van der Waals surface area contributed by atoms with Crippen molar-refractivity contribution in [2.24, 2.45) is 10.9 Å². The molecule has 0 bridgehead atoms. The zero-order valence-electron chi connectivity index (χ0n) is 18.4. The normalized spacial score (nSPS) is 24.5. The van der Waals surface area contributed by atoms with Crippen LogP contribution in [0.2, 0.25) is 0 Å². The first-order valence-corrected chi connectivity index (χ1v) is 11.5. The summed E-state index contributed by atoms with van der Waals surface area (Å²) in [6, 6.07) is 5.09. The number of carbonyl (C=O) groups is 2. The van der Waals surface area contributed by atoms with Gasteiger partial charge >= 0.3 is 5.97 Å². The Balaban J connectivity index is 1.75. The number of hydrogen-bond donors (Lipinski definition) is 1. The Kier molecular flexibility index (Phi) is 6.44. The molecule has 6 nitrogen and oxygen atoms in total. The summed E-state index contributed by atoms with van der Waals surface area (Å²) in [5.74, 6) is -0.818. The van der Waals surface area contributed by atoms with E-state index in [1.807, 2.05) is 13.8 Å². The number of Topliss-reactive ketones (excluding diaryl/α,β-unsaturated/α-hetero) is 1. The number of ketones is 1. The second kappa shape index (κ2) is 9.25. The van der Waals surface area contributed by atoms with E-state index in [4.69, 9.17) is 14.5 Å². The Bertz CT molecular complexity index is 926. The number of allylic oxidation sites excluding steroid dienone is 1. The van der Waals surface area contributed by atoms with E-state index >= 15 is 0 Å². The number of carbonyl (C=O) groups excluding carboxylic acids is 2. The van der Waals surface area contributed by atoms with E-state index in [9.17, 15) is 14.7 Å². The average molecular weight is 426 g/mol. The number of phenolic OH excluding ortho intramolecular Hbond substituents is 1. The zero-order chi connectivity index (χ0) is 22.0. The van der Waals surface area contributed by atoms with Gasteiger partial charge in [-0.1, -0.05) is 12.5 Å². The van der Waals surface area contributed by atoms with Gasteiger partial charge in [-0.05, 0) is 70.1 Å². The molecule has 2 saturated carbocycles. The lowest BCUT2D eigenvalue weighted by Gasteiger charge is -2.36. The van der Waals surface area contributed by atoms with Crippen molar-refractivity contribution in [3.8, 4) is 11.5 Å². The summed E-state index contributed by atoms with van der Waals surface area (Å²) in [6.45, 7) is 4.08. The number of fused-ring (bicyclic) bond motifs is 1. The van der Waals surface area contributed by atoms with Crippen molar-refractivity contribution in [1.82, 2.24) is 0 Å². The number of aromatic hydroxyl groups is 1. The van der Waals surface area contributed by atoms with Gasteiger partial charge in [0.25, 0.3) is 0 Å². The lowest BCUT2D eigenvalue weighted by Crippen LogP contribution is -2.39. The Hall–Kier alpha value is -2.63. The first-order valence-electron chi connectivity index (χ1n) is 11.5. The van der Waals surface area contributed by atoms with Crippen LogP contribution in [-0.2, 0) is 14.3 Å². The number of esters is 1.